The van der Waals surface area contributed by atoms with E-state index < -0.39 is 0 Å². The predicted molar refractivity (Wildman–Crippen MR) is 104 cm³/mol. The van der Waals surface area contributed by atoms with Crippen LogP contribution in [0.3, 0.4) is 0 Å². The molecule has 4 heteroatoms. The van der Waals surface area contributed by atoms with E-state index in [1.54, 1.807) is 11.0 Å². The van der Waals surface area contributed by atoms with Crippen molar-refractivity contribution in [1.29, 1.82) is 0 Å². The summed E-state index contributed by atoms with van der Waals surface area (Å²) in [5.41, 5.74) is 4.95. The molecule has 0 spiro atoms. The Kier molecular flexibility index (Phi) is 5.40. The van der Waals surface area contributed by atoms with Crippen LogP contribution < -0.4 is 10.2 Å². The zero-order valence-electron chi connectivity index (χ0n) is 15.7. The summed E-state index contributed by atoms with van der Waals surface area (Å²) in [4.78, 5) is 26.5. The van der Waals surface area contributed by atoms with Crippen LogP contribution in [-0.4, -0.2) is 18.4 Å². The minimum Gasteiger partial charge on any atom is -0.345 e. The summed E-state index contributed by atoms with van der Waals surface area (Å²) in [5.74, 6) is 0.0228. The van der Waals surface area contributed by atoms with Crippen molar-refractivity contribution in [3.05, 3.63) is 64.7 Å². The van der Waals surface area contributed by atoms with Gasteiger partial charge in [0.25, 0.3) is 5.91 Å². The Morgan fingerprint density at radius 2 is 2.00 bits per heavy atom. The van der Waals surface area contributed by atoms with E-state index in [0.29, 0.717) is 12.0 Å². The molecule has 4 nitrogen and oxygen atoms in total. The molecule has 0 aromatic heterocycles. The molecular formula is C22H26N2O2. The first-order valence-electron chi connectivity index (χ1n) is 9.28. The SMILES string of the molecule is CCC(NC(=O)c1cccc(N2CCCC2=O)c1)c1ccc(C)cc1C. The quantitative estimate of drug-likeness (QED) is 0.873. The van der Waals surface area contributed by atoms with Gasteiger partial charge in [-0.2, -0.15) is 0 Å². The lowest BCUT2D eigenvalue weighted by molar-refractivity contribution is -0.117. The molecule has 1 N–H and O–H groups in total. The Bertz CT molecular complexity index is 829. The molecule has 0 radical (unpaired) electrons. The van der Waals surface area contributed by atoms with E-state index in [0.717, 1.165) is 30.6 Å². The second-order valence-electron chi connectivity index (χ2n) is 6.99. The second-order valence-corrected chi connectivity index (χ2v) is 6.99. The summed E-state index contributed by atoms with van der Waals surface area (Å²) in [6.45, 7) is 6.95. The van der Waals surface area contributed by atoms with Crippen molar-refractivity contribution >= 4 is 17.5 Å². The zero-order chi connectivity index (χ0) is 18.7. The van der Waals surface area contributed by atoms with Crippen LogP contribution in [0, 0.1) is 13.8 Å². The fraction of sp³-hybridized carbons (Fsp3) is 0.364. The Balaban J connectivity index is 1.79. The lowest BCUT2D eigenvalue weighted by atomic mass is 9.97. The lowest BCUT2D eigenvalue weighted by Crippen LogP contribution is -2.29. The number of aryl methyl sites for hydroxylation is 2. The molecule has 1 aliphatic heterocycles. The number of nitrogens with zero attached hydrogens (tertiary/aromatic N) is 1. The molecule has 136 valence electrons. The van der Waals surface area contributed by atoms with Crippen LogP contribution in [0.1, 0.15) is 59.3 Å². The Morgan fingerprint density at radius 3 is 2.65 bits per heavy atom. The van der Waals surface area contributed by atoms with E-state index in [2.05, 4.69) is 44.3 Å². The normalized spacial score (nSPS) is 15.2. The van der Waals surface area contributed by atoms with Crippen LogP contribution in [0.25, 0.3) is 0 Å². The number of amides is 2. The van der Waals surface area contributed by atoms with Crippen LogP contribution in [-0.2, 0) is 4.79 Å². The van der Waals surface area contributed by atoms with Gasteiger partial charge in [-0.05, 0) is 56.0 Å². The van der Waals surface area contributed by atoms with Crippen molar-refractivity contribution in [3.63, 3.8) is 0 Å². The number of carbonyl (C=O) groups is 2. The van der Waals surface area contributed by atoms with Gasteiger partial charge in [0.05, 0.1) is 6.04 Å². The second kappa shape index (κ2) is 7.73. The minimum absolute atomic E-state index is 0.0276. The van der Waals surface area contributed by atoms with E-state index in [4.69, 9.17) is 0 Å². The summed E-state index contributed by atoms with van der Waals surface area (Å²) in [6.07, 6.45) is 2.28. The van der Waals surface area contributed by atoms with Gasteiger partial charge in [0, 0.05) is 24.2 Å². The number of anilines is 1. The summed E-state index contributed by atoms with van der Waals surface area (Å²) in [6, 6.07) is 13.6. The van der Waals surface area contributed by atoms with Gasteiger partial charge in [0.15, 0.2) is 0 Å². The van der Waals surface area contributed by atoms with Crippen LogP contribution >= 0.6 is 0 Å². The third kappa shape index (κ3) is 3.79. The number of benzene rings is 2. The van der Waals surface area contributed by atoms with Crippen LogP contribution in [0.15, 0.2) is 42.5 Å². The van der Waals surface area contributed by atoms with E-state index >= 15 is 0 Å². The largest absolute Gasteiger partial charge is 0.345 e. The molecule has 2 aromatic rings. The monoisotopic (exact) mass is 350 g/mol. The van der Waals surface area contributed by atoms with Gasteiger partial charge in [-0.15, -0.1) is 0 Å². The Hall–Kier alpha value is -2.62. The van der Waals surface area contributed by atoms with Gasteiger partial charge in [-0.1, -0.05) is 36.8 Å². The third-order valence-corrected chi connectivity index (χ3v) is 5.01. The maximum absolute atomic E-state index is 12.8. The predicted octanol–water partition coefficient (Wildman–Crippen LogP) is 4.31. The number of hydrogen-bond acceptors (Lipinski definition) is 2. The number of rotatable bonds is 5. The average molecular weight is 350 g/mol. The summed E-state index contributed by atoms with van der Waals surface area (Å²) in [5, 5.41) is 3.15. The number of hydrogen-bond donors (Lipinski definition) is 1. The van der Waals surface area contributed by atoms with Crippen LogP contribution in [0.2, 0.25) is 0 Å². The molecule has 3 rings (SSSR count). The highest BCUT2D eigenvalue weighted by Gasteiger charge is 2.23. The molecule has 2 aromatic carbocycles. The van der Waals surface area contributed by atoms with Crippen LogP contribution in [0.4, 0.5) is 5.69 Å². The molecule has 2 amide bonds. The lowest BCUT2D eigenvalue weighted by Gasteiger charge is -2.21. The van der Waals surface area contributed by atoms with E-state index in [1.165, 1.54) is 11.1 Å². The van der Waals surface area contributed by atoms with E-state index in [-0.39, 0.29) is 17.9 Å². The van der Waals surface area contributed by atoms with Gasteiger partial charge in [-0.3, -0.25) is 9.59 Å². The topological polar surface area (TPSA) is 49.4 Å². The fourth-order valence-electron chi connectivity index (χ4n) is 3.59. The Morgan fingerprint density at radius 1 is 1.19 bits per heavy atom. The van der Waals surface area contributed by atoms with Gasteiger partial charge >= 0.3 is 0 Å². The van der Waals surface area contributed by atoms with Gasteiger partial charge in [-0.25, -0.2) is 0 Å². The highest BCUT2D eigenvalue weighted by Crippen LogP contribution is 2.24. The zero-order valence-corrected chi connectivity index (χ0v) is 15.7. The Labute approximate surface area is 155 Å². The third-order valence-electron chi connectivity index (χ3n) is 5.01. The standard InChI is InChI=1S/C22H26N2O2/c1-4-20(19-11-10-15(2)13-16(19)3)23-22(26)17-7-5-8-18(14-17)24-12-6-9-21(24)25/h5,7-8,10-11,13-14,20H,4,6,9,12H2,1-3H3,(H,23,26). The molecule has 1 unspecified atom stereocenters. The first kappa shape index (κ1) is 18.2. The van der Waals surface area contributed by atoms with Crippen molar-refractivity contribution in [2.24, 2.45) is 0 Å². The number of carbonyl (C=O) groups excluding carboxylic acids is 2. The van der Waals surface area contributed by atoms with Crippen molar-refractivity contribution in [2.45, 2.75) is 46.1 Å². The highest BCUT2D eigenvalue weighted by atomic mass is 16.2. The fourth-order valence-corrected chi connectivity index (χ4v) is 3.59. The van der Waals surface area contributed by atoms with E-state index in [9.17, 15) is 9.59 Å². The maximum atomic E-state index is 12.8. The van der Waals surface area contributed by atoms with Gasteiger partial charge < -0.3 is 10.2 Å². The maximum Gasteiger partial charge on any atom is 0.251 e. The number of nitrogens with one attached hydrogen (secondary N) is 1. The van der Waals surface area contributed by atoms with Crippen LogP contribution in [0.5, 0.6) is 0 Å². The first-order chi connectivity index (χ1) is 12.5. The van der Waals surface area contributed by atoms with Crippen molar-refractivity contribution in [2.75, 3.05) is 11.4 Å². The van der Waals surface area contributed by atoms with E-state index in [1.807, 2.05) is 18.2 Å². The molecule has 1 atom stereocenters. The summed E-state index contributed by atoms with van der Waals surface area (Å²) < 4.78 is 0. The molecule has 1 saturated heterocycles. The van der Waals surface area contributed by atoms with Gasteiger partial charge in [0.1, 0.15) is 0 Å². The molecule has 0 saturated carbocycles. The highest BCUT2D eigenvalue weighted by molar-refractivity contribution is 5.99. The molecule has 0 bridgehead atoms. The average Bonchev–Trinajstić information content (AvgIpc) is 3.06. The minimum atomic E-state index is -0.106. The molecular weight excluding hydrogens is 324 g/mol. The first-order valence-corrected chi connectivity index (χ1v) is 9.28. The van der Waals surface area contributed by atoms with Crippen molar-refractivity contribution in [1.82, 2.24) is 5.32 Å². The molecule has 1 aliphatic rings. The van der Waals surface area contributed by atoms with Crippen molar-refractivity contribution < 1.29 is 9.59 Å². The molecule has 1 fully saturated rings. The smallest absolute Gasteiger partial charge is 0.251 e. The molecule has 1 heterocycles. The van der Waals surface area contributed by atoms with Gasteiger partial charge in [0.2, 0.25) is 5.91 Å². The van der Waals surface area contributed by atoms with Crippen molar-refractivity contribution in [3.8, 4) is 0 Å². The molecule has 0 aliphatic carbocycles. The summed E-state index contributed by atoms with van der Waals surface area (Å²) in [7, 11) is 0. The molecule has 26 heavy (non-hydrogen) atoms. The summed E-state index contributed by atoms with van der Waals surface area (Å²) >= 11 is 0.